The minimum Gasteiger partial charge on any atom is -0.464 e. The van der Waals surface area contributed by atoms with E-state index in [0.29, 0.717) is 11.4 Å². The van der Waals surface area contributed by atoms with Gasteiger partial charge < -0.3 is 39.9 Å². The van der Waals surface area contributed by atoms with Gasteiger partial charge in [-0.05, 0) is 6.92 Å². The maximum absolute atomic E-state index is 11.9. The topological polar surface area (TPSA) is 212 Å². The Morgan fingerprint density at radius 2 is 1.94 bits per heavy atom. The third kappa shape index (κ3) is 5.04. The maximum Gasteiger partial charge on any atom is 0.365 e. The molecule has 3 aromatic rings. The molecule has 2 aromatic heterocycles. The number of anilines is 1. The lowest BCUT2D eigenvalue weighted by Gasteiger charge is -2.20. The fraction of sp³-hybridized carbons (Fsp3) is 0.400. The zero-order valence-corrected chi connectivity index (χ0v) is 19.3. The van der Waals surface area contributed by atoms with E-state index in [-0.39, 0.29) is 23.6 Å². The third-order valence-corrected chi connectivity index (χ3v) is 6.27. The Morgan fingerprint density at radius 1 is 1.23 bits per heavy atom. The summed E-state index contributed by atoms with van der Waals surface area (Å²) in [6, 6.07) is 9.03. The Hall–Kier alpha value is -2.97. The summed E-state index contributed by atoms with van der Waals surface area (Å²) in [5.41, 5.74) is 7.22. The van der Waals surface area contributed by atoms with E-state index in [9.17, 15) is 29.4 Å². The van der Waals surface area contributed by atoms with Crippen molar-refractivity contribution in [2.75, 3.05) is 18.9 Å². The number of aromatic nitrogens is 4. The lowest BCUT2D eigenvalue weighted by Crippen LogP contribution is -2.36. The Balaban J connectivity index is 1.58. The number of hydrogen-bond acceptors (Lipinski definition) is 11. The van der Waals surface area contributed by atoms with Gasteiger partial charge in [-0.1, -0.05) is 30.3 Å². The molecule has 35 heavy (non-hydrogen) atoms. The number of imidazole rings is 1. The van der Waals surface area contributed by atoms with E-state index < -0.39 is 50.6 Å². The molecule has 1 aromatic carbocycles. The smallest absolute Gasteiger partial charge is 0.365 e. The van der Waals surface area contributed by atoms with Crippen LogP contribution >= 0.6 is 7.60 Å². The highest BCUT2D eigenvalue weighted by molar-refractivity contribution is 7.53. The maximum atomic E-state index is 11.9. The monoisotopic (exact) mass is 509 g/mol. The molecule has 15 heteroatoms. The standard InChI is InChI=1S/C20H24N5O9P/c1-2-32-19(28)20(35(29,30)31)33-8-11-13(26)14(27)18(34-11)25-9-22-12-15(21)23-16(24-17(12)25)10-6-4-3-5-7-10/h3-7,9,11,13-14,18,20,26-27H,2,8H2,1H3,(H2,21,23,24)(H2,29,30,31)/t11-,13+,14-,18-,20+/m1/s1. The van der Waals surface area contributed by atoms with E-state index in [2.05, 4.69) is 19.7 Å². The van der Waals surface area contributed by atoms with Crippen LogP contribution in [-0.2, 0) is 23.6 Å². The van der Waals surface area contributed by atoms with Gasteiger partial charge in [0.25, 0.3) is 5.85 Å². The number of aliphatic hydroxyl groups excluding tert-OH is 2. The van der Waals surface area contributed by atoms with Crippen LogP contribution in [0.15, 0.2) is 36.7 Å². The van der Waals surface area contributed by atoms with E-state index in [0.717, 1.165) is 0 Å². The second-order valence-electron chi connectivity index (χ2n) is 7.70. The summed E-state index contributed by atoms with van der Waals surface area (Å²) in [6.45, 7) is 0.725. The predicted octanol–water partition coefficient (Wildman–Crippen LogP) is -0.222. The van der Waals surface area contributed by atoms with Crippen LogP contribution in [0.25, 0.3) is 22.6 Å². The number of nitrogens with two attached hydrogens (primary N) is 1. The largest absolute Gasteiger partial charge is 0.464 e. The van der Waals surface area contributed by atoms with Gasteiger partial charge in [-0.2, -0.15) is 0 Å². The minimum atomic E-state index is -5.03. The van der Waals surface area contributed by atoms with Crippen molar-refractivity contribution in [1.29, 1.82) is 0 Å². The first-order chi connectivity index (χ1) is 16.6. The third-order valence-electron chi connectivity index (χ3n) is 5.30. The molecular formula is C20H24N5O9P. The first kappa shape index (κ1) is 25.1. The summed E-state index contributed by atoms with van der Waals surface area (Å²) >= 11 is 0. The van der Waals surface area contributed by atoms with E-state index in [1.807, 2.05) is 18.2 Å². The average Bonchev–Trinajstić information content (AvgIpc) is 3.35. The number of benzene rings is 1. The molecule has 0 amide bonds. The number of carbonyl (C=O) groups is 1. The number of rotatable bonds is 8. The van der Waals surface area contributed by atoms with Gasteiger partial charge in [0.2, 0.25) is 0 Å². The predicted molar refractivity (Wildman–Crippen MR) is 120 cm³/mol. The fourth-order valence-electron chi connectivity index (χ4n) is 3.64. The van der Waals surface area contributed by atoms with Gasteiger partial charge in [-0.3, -0.25) is 9.13 Å². The molecular weight excluding hydrogens is 485 g/mol. The molecule has 6 N–H and O–H groups in total. The molecule has 14 nitrogen and oxygen atoms in total. The molecule has 0 aliphatic carbocycles. The lowest BCUT2D eigenvalue weighted by atomic mass is 10.1. The number of carbonyl (C=O) groups excluding carboxylic acids is 1. The first-order valence-electron chi connectivity index (χ1n) is 10.5. The number of nitrogen functional groups attached to an aromatic ring is 1. The second kappa shape index (κ2) is 9.95. The molecule has 4 rings (SSSR count). The Kier molecular flexibility index (Phi) is 7.15. The minimum absolute atomic E-state index is 0.0967. The number of esters is 1. The fourth-order valence-corrected chi connectivity index (χ4v) is 4.27. The summed E-state index contributed by atoms with van der Waals surface area (Å²) in [4.78, 5) is 43.7. The van der Waals surface area contributed by atoms with Crippen molar-refractivity contribution >= 4 is 30.5 Å². The lowest BCUT2D eigenvalue weighted by molar-refractivity contribution is -0.155. The highest BCUT2D eigenvalue weighted by Gasteiger charge is 2.46. The number of fused-ring (bicyclic) bond motifs is 1. The van der Waals surface area contributed by atoms with Crippen molar-refractivity contribution in [3.05, 3.63) is 36.7 Å². The van der Waals surface area contributed by atoms with Gasteiger partial charge in [0.15, 0.2) is 23.5 Å². The van der Waals surface area contributed by atoms with Crippen LogP contribution < -0.4 is 5.73 Å². The van der Waals surface area contributed by atoms with Gasteiger partial charge in [-0.25, -0.2) is 19.7 Å². The van der Waals surface area contributed by atoms with E-state index in [4.69, 9.17) is 15.2 Å². The van der Waals surface area contributed by atoms with Crippen LogP contribution in [0.4, 0.5) is 5.82 Å². The van der Waals surface area contributed by atoms with Crippen molar-refractivity contribution in [3.8, 4) is 11.4 Å². The van der Waals surface area contributed by atoms with E-state index >= 15 is 0 Å². The van der Waals surface area contributed by atoms with Crippen molar-refractivity contribution in [1.82, 2.24) is 19.5 Å². The SMILES string of the molecule is CCOC(=O)[C@@H](OC[C@H]1O[C@@H](n2cnc3c(N)nc(-c4ccccc4)nc32)[C@H](O)[C@H]1O)P(=O)(O)O. The highest BCUT2D eigenvalue weighted by Crippen LogP contribution is 2.43. The molecule has 1 aliphatic heterocycles. The quantitative estimate of drug-likeness (QED) is 0.196. The van der Waals surface area contributed by atoms with E-state index in [1.165, 1.54) is 17.8 Å². The van der Waals surface area contributed by atoms with Crippen molar-refractivity contribution in [3.63, 3.8) is 0 Å². The molecule has 0 bridgehead atoms. The number of hydrogen-bond donors (Lipinski definition) is 5. The molecule has 1 saturated heterocycles. The molecule has 3 heterocycles. The summed E-state index contributed by atoms with van der Waals surface area (Å²) in [5, 5.41) is 21.1. The molecule has 5 atom stereocenters. The van der Waals surface area contributed by atoms with Crippen molar-refractivity contribution in [2.45, 2.75) is 37.3 Å². The van der Waals surface area contributed by atoms with E-state index in [1.54, 1.807) is 12.1 Å². The normalized spacial score (nSPS) is 23.5. The van der Waals surface area contributed by atoms with Gasteiger partial charge in [0, 0.05) is 5.56 Å². The van der Waals surface area contributed by atoms with Gasteiger partial charge in [0.05, 0.1) is 19.5 Å². The summed E-state index contributed by atoms with van der Waals surface area (Å²) in [5.74, 6) is -3.06. The molecule has 0 saturated carbocycles. The zero-order valence-electron chi connectivity index (χ0n) is 18.4. The van der Waals surface area contributed by atoms with Crippen LogP contribution in [-0.4, -0.2) is 82.9 Å². The number of ether oxygens (including phenoxy) is 3. The summed E-state index contributed by atoms with van der Waals surface area (Å²) < 4.78 is 28.4. The van der Waals surface area contributed by atoms with Gasteiger partial charge >= 0.3 is 13.6 Å². The Labute approximate surface area is 198 Å². The molecule has 0 spiro atoms. The van der Waals surface area contributed by atoms with Gasteiger partial charge in [-0.15, -0.1) is 0 Å². The summed E-state index contributed by atoms with van der Waals surface area (Å²) in [6.07, 6.45) is -4.15. The zero-order chi connectivity index (χ0) is 25.3. The average molecular weight is 509 g/mol. The van der Waals surface area contributed by atoms with Gasteiger partial charge in [0.1, 0.15) is 23.8 Å². The van der Waals surface area contributed by atoms with Crippen molar-refractivity contribution < 1.29 is 43.6 Å². The summed E-state index contributed by atoms with van der Waals surface area (Å²) in [7, 11) is -5.03. The molecule has 1 fully saturated rings. The van der Waals surface area contributed by atoms with Crippen LogP contribution in [0.1, 0.15) is 13.2 Å². The van der Waals surface area contributed by atoms with Crippen LogP contribution in [0.2, 0.25) is 0 Å². The van der Waals surface area contributed by atoms with Crippen LogP contribution in [0.5, 0.6) is 0 Å². The number of nitrogens with zero attached hydrogens (tertiary/aromatic N) is 4. The molecule has 0 radical (unpaired) electrons. The second-order valence-corrected chi connectivity index (χ2v) is 9.34. The first-order valence-corrected chi connectivity index (χ1v) is 12.2. The Morgan fingerprint density at radius 3 is 2.60 bits per heavy atom. The van der Waals surface area contributed by atoms with Crippen molar-refractivity contribution in [2.24, 2.45) is 0 Å². The molecule has 0 unspecified atom stereocenters. The highest BCUT2D eigenvalue weighted by atomic mass is 31.2. The van der Waals surface area contributed by atoms with Crippen LogP contribution in [0.3, 0.4) is 0 Å². The molecule has 1 aliphatic rings. The number of aliphatic hydroxyl groups is 2. The van der Waals surface area contributed by atoms with Crippen LogP contribution in [0, 0.1) is 0 Å². The molecule has 188 valence electrons. The Bertz CT molecular complexity index is 1250.